The predicted molar refractivity (Wildman–Crippen MR) is 205 cm³/mol. The molecule has 0 unspecified atom stereocenters. The maximum atomic E-state index is 6.94. The fourth-order valence-electron chi connectivity index (χ4n) is 8.66. The molecule has 3 heteroatoms. The highest BCUT2D eigenvalue weighted by Gasteiger charge is 2.52. The minimum absolute atomic E-state index is 0.416. The monoisotopic (exact) mass is 640 g/mol. The van der Waals surface area contributed by atoms with Crippen LogP contribution in [0.3, 0.4) is 0 Å². The molecule has 1 spiro atoms. The summed E-state index contributed by atoms with van der Waals surface area (Å²) in [7, 11) is 0. The Morgan fingerprint density at radius 3 is 1.80 bits per heavy atom. The summed E-state index contributed by atoms with van der Waals surface area (Å²) in [5.74, 6) is 0.692. The molecule has 0 atom stereocenters. The second kappa shape index (κ2) is 10.8. The molecular formula is C47H32N2O. The Hall–Kier alpha value is -6.32. The lowest BCUT2D eigenvalue weighted by atomic mass is 9.70. The van der Waals surface area contributed by atoms with Gasteiger partial charge in [-0.05, 0) is 51.1 Å². The summed E-state index contributed by atoms with van der Waals surface area (Å²) in [6, 6.07) is 56.2. The Balaban J connectivity index is 0.00000156. The first-order valence-electron chi connectivity index (χ1n) is 17.4. The van der Waals surface area contributed by atoms with Crippen LogP contribution in [0.4, 0.5) is 0 Å². The van der Waals surface area contributed by atoms with E-state index in [1.165, 1.54) is 44.5 Å². The van der Waals surface area contributed by atoms with Crippen molar-refractivity contribution in [1.29, 1.82) is 0 Å². The molecule has 50 heavy (non-hydrogen) atoms. The molecule has 0 amide bonds. The van der Waals surface area contributed by atoms with E-state index in [0.29, 0.717) is 5.82 Å². The fraction of sp³-hybridized carbons (Fsp3) is 0.0638. The molecule has 11 rings (SSSR count). The van der Waals surface area contributed by atoms with Crippen molar-refractivity contribution in [2.24, 2.45) is 0 Å². The maximum absolute atomic E-state index is 6.94. The lowest BCUT2D eigenvalue weighted by molar-refractivity contribution is 0.669. The van der Waals surface area contributed by atoms with Gasteiger partial charge in [-0.3, -0.25) is 0 Å². The average Bonchev–Trinajstić information content (AvgIpc) is 3.83. The summed E-state index contributed by atoms with van der Waals surface area (Å²) < 4.78 is 6.94. The third-order valence-electron chi connectivity index (χ3n) is 10.5. The number of benzene rings is 7. The minimum Gasteiger partial charge on any atom is -0.455 e. The van der Waals surface area contributed by atoms with Crippen LogP contribution in [-0.4, -0.2) is 9.97 Å². The van der Waals surface area contributed by atoms with Crippen molar-refractivity contribution >= 4 is 32.8 Å². The minimum atomic E-state index is -0.416. The zero-order chi connectivity index (χ0) is 33.4. The molecule has 0 N–H and O–H groups in total. The van der Waals surface area contributed by atoms with Crippen molar-refractivity contribution in [3.63, 3.8) is 0 Å². The first-order valence-corrected chi connectivity index (χ1v) is 17.4. The van der Waals surface area contributed by atoms with Gasteiger partial charge in [-0.1, -0.05) is 159 Å². The molecule has 2 aliphatic rings. The predicted octanol–water partition coefficient (Wildman–Crippen LogP) is 12.2. The van der Waals surface area contributed by atoms with Crippen molar-refractivity contribution in [2.75, 3.05) is 0 Å². The van der Waals surface area contributed by atoms with Crippen molar-refractivity contribution in [3.05, 3.63) is 180 Å². The lowest BCUT2D eigenvalue weighted by Crippen LogP contribution is -2.25. The maximum Gasteiger partial charge on any atom is 0.161 e. The summed E-state index contributed by atoms with van der Waals surface area (Å²) in [6.45, 7) is 4.00. The van der Waals surface area contributed by atoms with Gasteiger partial charge in [0.15, 0.2) is 5.82 Å². The number of para-hydroxylation sites is 1. The summed E-state index contributed by atoms with van der Waals surface area (Å²) in [6.07, 6.45) is 0. The first-order chi connectivity index (χ1) is 24.8. The van der Waals surface area contributed by atoms with Crippen LogP contribution in [-0.2, 0) is 5.41 Å². The van der Waals surface area contributed by atoms with E-state index in [0.717, 1.165) is 49.7 Å². The third kappa shape index (κ3) is 3.69. The standard InChI is InChI=1S/C45H26N2O.C2H6/c1-2-13-27(14-3-1)42-31-18-7-11-23-38(31)46-44(47-42)33-19-12-24-39-40(33)32-25-26-37-41(43(32)48-39)30-17-6-10-22-36(30)45(37)34-20-8-4-15-28(34)29-16-5-9-21-35(29)45;1-2/h1-26H;1-2H3. The molecule has 0 fully saturated rings. The summed E-state index contributed by atoms with van der Waals surface area (Å²) in [5.41, 5.74) is 15.4. The van der Waals surface area contributed by atoms with E-state index >= 15 is 0 Å². The number of fused-ring (bicyclic) bond motifs is 15. The Morgan fingerprint density at radius 2 is 1.06 bits per heavy atom. The third-order valence-corrected chi connectivity index (χ3v) is 10.5. The number of nitrogens with zero attached hydrogens (tertiary/aromatic N) is 2. The van der Waals surface area contributed by atoms with Gasteiger partial charge in [0.25, 0.3) is 0 Å². The van der Waals surface area contributed by atoms with Crippen molar-refractivity contribution in [3.8, 4) is 44.9 Å². The van der Waals surface area contributed by atoms with Crippen LogP contribution < -0.4 is 0 Å². The first kappa shape index (κ1) is 28.7. The van der Waals surface area contributed by atoms with Crippen LogP contribution in [0.25, 0.3) is 77.7 Å². The summed E-state index contributed by atoms with van der Waals surface area (Å²) in [4.78, 5) is 10.4. The number of aromatic nitrogens is 2. The molecule has 2 aromatic heterocycles. The number of hydrogen-bond acceptors (Lipinski definition) is 3. The summed E-state index contributed by atoms with van der Waals surface area (Å²) in [5, 5.41) is 3.15. The highest BCUT2D eigenvalue weighted by Crippen LogP contribution is 2.64. The van der Waals surface area contributed by atoms with Gasteiger partial charge >= 0.3 is 0 Å². The normalized spacial score (nSPS) is 13.2. The molecule has 0 radical (unpaired) electrons. The summed E-state index contributed by atoms with van der Waals surface area (Å²) >= 11 is 0. The zero-order valence-corrected chi connectivity index (χ0v) is 27.8. The van der Waals surface area contributed by atoms with E-state index in [4.69, 9.17) is 14.4 Å². The van der Waals surface area contributed by atoms with Crippen LogP contribution in [0.5, 0.6) is 0 Å². The topological polar surface area (TPSA) is 38.9 Å². The molecule has 236 valence electrons. The molecule has 9 aromatic rings. The van der Waals surface area contributed by atoms with E-state index < -0.39 is 5.41 Å². The highest BCUT2D eigenvalue weighted by molar-refractivity contribution is 6.17. The molecule has 0 aliphatic heterocycles. The van der Waals surface area contributed by atoms with Crippen LogP contribution in [0.2, 0.25) is 0 Å². The molecule has 0 bridgehead atoms. The van der Waals surface area contributed by atoms with E-state index in [-0.39, 0.29) is 0 Å². The Kier molecular flexibility index (Phi) is 6.22. The van der Waals surface area contributed by atoms with Gasteiger partial charge in [0.2, 0.25) is 0 Å². The smallest absolute Gasteiger partial charge is 0.161 e. The molecule has 2 heterocycles. The zero-order valence-electron chi connectivity index (χ0n) is 27.8. The molecule has 3 nitrogen and oxygen atoms in total. The fourth-order valence-corrected chi connectivity index (χ4v) is 8.66. The SMILES string of the molecule is CC.c1ccc(-c2nc(-c3cccc4oc5c6c(ccc5c34)C3(c4ccccc4-c4ccccc43)c3ccccc3-6)nc3ccccc23)cc1. The molecular weight excluding hydrogens is 609 g/mol. The van der Waals surface area contributed by atoms with Crippen molar-refractivity contribution in [2.45, 2.75) is 19.3 Å². The Labute approximate surface area is 290 Å². The molecule has 0 saturated carbocycles. The van der Waals surface area contributed by atoms with Crippen LogP contribution in [0.15, 0.2) is 162 Å². The van der Waals surface area contributed by atoms with Gasteiger partial charge in [0.1, 0.15) is 11.2 Å². The Morgan fingerprint density at radius 1 is 0.460 bits per heavy atom. The second-order valence-corrected chi connectivity index (χ2v) is 12.8. The highest BCUT2D eigenvalue weighted by atomic mass is 16.3. The second-order valence-electron chi connectivity index (χ2n) is 12.8. The van der Waals surface area contributed by atoms with Crippen LogP contribution in [0, 0.1) is 0 Å². The van der Waals surface area contributed by atoms with Crippen molar-refractivity contribution < 1.29 is 4.42 Å². The Bertz CT molecular complexity index is 2750. The van der Waals surface area contributed by atoms with Gasteiger partial charge in [-0.25, -0.2) is 9.97 Å². The van der Waals surface area contributed by atoms with Gasteiger partial charge in [-0.2, -0.15) is 0 Å². The van der Waals surface area contributed by atoms with E-state index in [1.807, 2.05) is 26.0 Å². The molecule has 2 aliphatic carbocycles. The average molecular weight is 641 g/mol. The van der Waals surface area contributed by atoms with Crippen LogP contribution >= 0.6 is 0 Å². The van der Waals surface area contributed by atoms with E-state index in [1.54, 1.807) is 0 Å². The van der Waals surface area contributed by atoms with Gasteiger partial charge < -0.3 is 4.42 Å². The van der Waals surface area contributed by atoms with E-state index in [9.17, 15) is 0 Å². The van der Waals surface area contributed by atoms with E-state index in [2.05, 4.69) is 146 Å². The number of hydrogen-bond donors (Lipinski definition) is 0. The van der Waals surface area contributed by atoms with Crippen molar-refractivity contribution in [1.82, 2.24) is 9.97 Å². The number of rotatable bonds is 2. The molecule has 0 saturated heterocycles. The quantitative estimate of drug-likeness (QED) is 0.189. The van der Waals surface area contributed by atoms with Gasteiger partial charge in [0, 0.05) is 32.8 Å². The molecule has 7 aromatic carbocycles. The largest absolute Gasteiger partial charge is 0.455 e. The van der Waals surface area contributed by atoms with Gasteiger partial charge in [-0.15, -0.1) is 0 Å². The number of furan rings is 1. The van der Waals surface area contributed by atoms with Gasteiger partial charge in [0.05, 0.1) is 16.6 Å². The lowest BCUT2D eigenvalue weighted by Gasteiger charge is -2.30. The van der Waals surface area contributed by atoms with Crippen LogP contribution in [0.1, 0.15) is 36.1 Å².